The summed E-state index contributed by atoms with van der Waals surface area (Å²) in [5.41, 5.74) is 15.4. The van der Waals surface area contributed by atoms with Gasteiger partial charge in [-0.05, 0) is 33.4 Å². The Labute approximate surface area is 221 Å². The lowest BCUT2D eigenvalue weighted by molar-refractivity contribution is -0.119. The lowest BCUT2D eigenvalue weighted by Gasteiger charge is -2.27. The van der Waals surface area contributed by atoms with E-state index < -0.39 is 23.8 Å². The van der Waals surface area contributed by atoms with Crippen molar-refractivity contribution in [2.75, 3.05) is 6.61 Å². The number of carbonyl (C=O) groups excluding carboxylic acids is 2. The molecule has 4 aromatic carbocycles. The summed E-state index contributed by atoms with van der Waals surface area (Å²) in [4.78, 5) is 29.8. The molecule has 0 aliphatic heterocycles. The van der Waals surface area contributed by atoms with Gasteiger partial charge in [0.15, 0.2) is 0 Å². The molecule has 1 aliphatic rings. The molecule has 5 rings (SSSR count). The van der Waals surface area contributed by atoms with Gasteiger partial charge in [0.05, 0.1) is 0 Å². The predicted molar refractivity (Wildman–Crippen MR) is 146 cm³/mol. The van der Waals surface area contributed by atoms with E-state index in [2.05, 4.69) is 34.4 Å². The molecular weight excluding hydrogens is 474 g/mol. The molecule has 1 amide bonds. The van der Waals surface area contributed by atoms with E-state index >= 15 is 0 Å². The van der Waals surface area contributed by atoms with Crippen LogP contribution in [-0.4, -0.2) is 35.0 Å². The van der Waals surface area contributed by atoms with Crippen LogP contribution in [0.3, 0.4) is 0 Å². The number of rotatable bonds is 8. The number of fused-ring (bicyclic) bond motifs is 3. The van der Waals surface area contributed by atoms with Gasteiger partial charge in [-0.15, -0.1) is 0 Å². The van der Waals surface area contributed by atoms with Crippen molar-refractivity contribution in [3.8, 4) is 11.1 Å². The van der Waals surface area contributed by atoms with Gasteiger partial charge in [0.1, 0.15) is 12.6 Å². The summed E-state index contributed by atoms with van der Waals surface area (Å²) in [6.07, 6.45) is -0.715. The highest BCUT2D eigenvalue weighted by atomic mass is 16.5. The summed E-state index contributed by atoms with van der Waals surface area (Å²) in [5, 5.41) is 2.80. The number of nitrogens with one attached hydrogen (secondary N) is 1. The highest BCUT2D eigenvalue weighted by Crippen LogP contribution is 2.44. The van der Waals surface area contributed by atoms with Crippen molar-refractivity contribution in [2.24, 2.45) is 0 Å². The van der Waals surface area contributed by atoms with Crippen LogP contribution >= 0.6 is 0 Å². The van der Waals surface area contributed by atoms with E-state index in [1.54, 1.807) is 0 Å². The van der Waals surface area contributed by atoms with Gasteiger partial charge in [-0.25, -0.2) is 4.79 Å². The van der Waals surface area contributed by atoms with Gasteiger partial charge < -0.3 is 15.6 Å². The van der Waals surface area contributed by atoms with E-state index in [-0.39, 0.29) is 18.2 Å². The highest BCUT2D eigenvalue weighted by Gasteiger charge is 2.37. The van der Waals surface area contributed by atoms with Gasteiger partial charge >= 0.3 is 11.8 Å². The van der Waals surface area contributed by atoms with Crippen LogP contribution < -0.4 is 5.32 Å². The van der Waals surface area contributed by atoms with Crippen molar-refractivity contribution in [3.05, 3.63) is 137 Å². The number of Topliss-reactive ketones (excluding diaryl/α,β-unsaturated/α-hetero) is 1. The Bertz CT molecular complexity index is 1430. The van der Waals surface area contributed by atoms with Gasteiger partial charge in [-0.2, -0.15) is 4.79 Å². The largest absolute Gasteiger partial charge is 0.449 e. The number of benzene rings is 4. The van der Waals surface area contributed by atoms with E-state index in [1.165, 1.54) is 6.92 Å². The quantitative estimate of drug-likeness (QED) is 0.183. The fourth-order valence-electron chi connectivity index (χ4n) is 5.24. The Kier molecular flexibility index (Phi) is 7.25. The third-order valence-corrected chi connectivity index (χ3v) is 7.06. The second kappa shape index (κ2) is 11.1. The predicted octanol–water partition coefficient (Wildman–Crippen LogP) is 5.99. The molecule has 0 aromatic heterocycles. The maximum absolute atomic E-state index is 13.4. The summed E-state index contributed by atoms with van der Waals surface area (Å²) >= 11 is 0. The molecule has 1 N–H and O–H groups in total. The monoisotopic (exact) mass is 501 g/mol. The first-order valence-electron chi connectivity index (χ1n) is 12.5. The molecule has 0 bridgehead atoms. The first kappa shape index (κ1) is 24.9. The molecule has 0 heterocycles. The summed E-state index contributed by atoms with van der Waals surface area (Å²) < 4.78 is 5.75. The van der Waals surface area contributed by atoms with Crippen molar-refractivity contribution in [1.29, 1.82) is 0 Å². The fourth-order valence-corrected chi connectivity index (χ4v) is 5.24. The smallest absolute Gasteiger partial charge is 0.407 e. The Morgan fingerprint density at radius 2 is 1.26 bits per heavy atom. The maximum Gasteiger partial charge on any atom is 0.407 e. The molecule has 0 saturated carbocycles. The van der Waals surface area contributed by atoms with Crippen molar-refractivity contribution >= 4 is 17.6 Å². The molecule has 6 nitrogen and oxygen atoms in total. The van der Waals surface area contributed by atoms with E-state index in [0.29, 0.717) is 0 Å². The number of hydrogen-bond donors (Lipinski definition) is 1. The highest BCUT2D eigenvalue weighted by molar-refractivity contribution is 6.39. The van der Waals surface area contributed by atoms with Crippen LogP contribution in [0.4, 0.5) is 4.79 Å². The number of carbonyl (C=O) groups is 2. The lowest BCUT2D eigenvalue weighted by Crippen LogP contribution is -2.48. The van der Waals surface area contributed by atoms with Gasteiger partial charge in [-0.3, -0.25) is 4.79 Å². The van der Waals surface area contributed by atoms with E-state index in [9.17, 15) is 15.1 Å². The SMILES string of the molecule is CC(=[N+]=[N-])C(=O)[C@@H](NC(=O)OCC1c2ccccc2-c2ccccc21)C(c1ccccc1)c1ccccc1. The van der Waals surface area contributed by atoms with E-state index in [0.717, 1.165) is 33.4 Å². The summed E-state index contributed by atoms with van der Waals surface area (Å²) in [6.45, 7) is 1.54. The molecule has 0 spiro atoms. The Morgan fingerprint density at radius 3 is 1.76 bits per heavy atom. The van der Waals surface area contributed by atoms with Crippen LogP contribution in [0.2, 0.25) is 0 Å². The summed E-state index contributed by atoms with van der Waals surface area (Å²) in [7, 11) is 0. The Morgan fingerprint density at radius 1 is 0.789 bits per heavy atom. The number of hydrogen-bond acceptors (Lipinski definition) is 3. The zero-order valence-corrected chi connectivity index (χ0v) is 21.0. The molecule has 1 atom stereocenters. The first-order chi connectivity index (χ1) is 18.6. The van der Waals surface area contributed by atoms with E-state index in [4.69, 9.17) is 4.74 Å². The standard InChI is InChI=1S/C32H27N3O3/c1-21(35-33)31(36)30(29(22-12-4-2-5-13-22)23-14-6-3-7-15-23)34-32(37)38-20-28-26-18-10-8-16-24(26)25-17-9-11-19-27(25)28/h2-19,28-30H,20H2,1H3,(H,34,37)/t30-/m0/s1. The average molecular weight is 502 g/mol. The molecule has 0 radical (unpaired) electrons. The summed E-state index contributed by atoms with van der Waals surface area (Å²) in [5.74, 6) is -1.14. The minimum absolute atomic E-state index is 0.106. The van der Waals surface area contributed by atoms with Crippen molar-refractivity contribution < 1.29 is 19.1 Å². The van der Waals surface area contributed by atoms with Crippen molar-refractivity contribution in [3.63, 3.8) is 0 Å². The van der Waals surface area contributed by atoms with Gasteiger partial charge in [0.2, 0.25) is 0 Å². The maximum atomic E-state index is 13.4. The summed E-state index contributed by atoms with van der Waals surface area (Å²) in [6, 6.07) is 34.1. The third kappa shape index (κ3) is 4.90. The van der Waals surface area contributed by atoms with Gasteiger partial charge in [0, 0.05) is 18.8 Å². The van der Waals surface area contributed by atoms with Gasteiger partial charge in [0.25, 0.3) is 5.78 Å². The third-order valence-electron chi connectivity index (χ3n) is 7.06. The van der Waals surface area contributed by atoms with Crippen molar-refractivity contribution in [1.82, 2.24) is 5.32 Å². The Hall–Kier alpha value is -4.80. The second-order valence-electron chi connectivity index (χ2n) is 9.30. The van der Waals surface area contributed by atoms with Crippen molar-refractivity contribution in [2.45, 2.75) is 24.8 Å². The zero-order valence-electron chi connectivity index (χ0n) is 21.0. The first-order valence-corrected chi connectivity index (χ1v) is 12.5. The number of amides is 1. The second-order valence-corrected chi connectivity index (χ2v) is 9.30. The average Bonchev–Trinajstić information content (AvgIpc) is 3.29. The molecular formula is C32H27N3O3. The van der Waals surface area contributed by atoms with Crippen LogP contribution in [0.15, 0.2) is 109 Å². The van der Waals surface area contributed by atoms with E-state index in [1.807, 2.05) is 84.9 Å². The Balaban J connectivity index is 1.43. The fraction of sp³-hybridized carbons (Fsp3) is 0.156. The number of nitrogens with zero attached hydrogens (tertiary/aromatic N) is 2. The number of ketones is 1. The lowest BCUT2D eigenvalue weighted by atomic mass is 9.82. The van der Waals surface area contributed by atoms with Crippen LogP contribution in [0.5, 0.6) is 0 Å². The molecule has 38 heavy (non-hydrogen) atoms. The topological polar surface area (TPSA) is 91.8 Å². The minimum atomic E-state index is -1.05. The van der Waals surface area contributed by atoms with Gasteiger partial charge in [-0.1, -0.05) is 109 Å². The van der Waals surface area contributed by atoms with Crippen LogP contribution in [0.1, 0.15) is 41.0 Å². The van der Waals surface area contributed by atoms with Crippen LogP contribution in [0.25, 0.3) is 16.7 Å². The zero-order chi connectivity index (χ0) is 26.5. The van der Waals surface area contributed by atoms with Crippen LogP contribution in [-0.2, 0) is 9.53 Å². The molecule has 0 fully saturated rings. The molecule has 188 valence electrons. The molecule has 0 saturated heterocycles. The number of alkyl carbamates (subject to hydrolysis) is 1. The molecule has 0 unspecified atom stereocenters. The molecule has 1 aliphatic carbocycles. The van der Waals surface area contributed by atoms with Crippen LogP contribution in [0, 0.1) is 0 Å². The number of ether oxygens (including phenoxy) is 1. The molecule has 4 aromatic rings. The minimum Gasteiger partial charge on any atom is -0.449 e. The normalized spacial score (nSPS) is 12.7. The molecule has 6 heteroatoms.